The van der Waals surface area contributed by atoms with Gasteiger partial charge in [-0.3, -0.25) is 4.79 Å². The number of carbonyl (C=O) groups is 2. The summed E-state index contributed by atoms with van der Waals surface area (Å²) in [4.78, 5) is 24.4. The van der Waals surface area contributed by atoms with Crippen LogP contribution in [0.4, 0.5) is 5.69 Å². The molecular formula is C19H21NO6. The number of hydrogen-bond acceptors (Lipinski definition) is 6. The highest BCUT2D eigenvalue weighted by atomic mass is 16.5. The van der Waals surface area contributed by atoms with Crippen molar-refractivity contribution in [2.45, 2.75) is 13.0 Å². The first kappa shape index (κ1) is 19.1. The molecule has 1 unspecified atom stereocenters. The minimum absolute atomic E-state index is 0.330. The predicted molar refractivity (Wildman–Crippen MR) is 96.0 cm³/mol. The molecule has 1 atom stereocenters. The summed E-state index contributed by atoms with van der Waals surface area (Å²) < 4.78 is 20.6. The summed E-state index contributed by atoms with van der Waals surface area (Å²) in [5, 5.41) is 2.67. The number of hydrogen-bond donors (Lipinski definition) is 1. The molecule has 2 aromatic carbocycles. The Morgan fingerprint density at radius 3 is 2.12 bits per heavy atom. The number of methoxy groups -OCH3 is 3. The largest absolute Gasteiger partial charge is 0.497 e. The molecule has 0 radical (unpaired) electrons. The fourth-order valence-corrected chi connectivity index (χ4v) is 2.17. The summed E-state index contributed by atoms with van der Waals surface area (Å²) >= 11 is 0. The number of amides is 1. The van der Waals surface area contributed by atoms with E-state index in [4.69, 9.17) is 18.9 Å². The van der Waals surface area contributed by atoms with Crippen LogP contribution in [0.5, 0.6) is 17.2 Å². The summed E-state index contributed by atoms with van der Waals surface area (Å²) in [6.07, 6.45) is -0.974. The van der Waals surface area contributed by atoms with Gasteiger partial charge in [0.05, 0.1) is 26.9 Å². The van der Waals surface area contributed by atoms with Crippen molar-refractivity contribution in [1.29, 1.82) is 0 Å². The van der Waals surface area contributed by atoms with Gasteiger partial charge in [0, 0.05) is 11.8 Å². The Morgan fingerprint density at radius 1 is 0.885 bits per heavy atom. The average molecular weight is 359 g/mol. The van der Waals surface area contributed by atoms with Gasteiger partial charge < -0.3 is 24.3 Å². The standard InChI is InChI=1S/C19H21NO6/c1-12(26-19(22)13-5-8-15(23-2)9-6-13)18(21)20-14-7-10-16(24-3)17(11-14)25-4/h5-12H,1-4H3,(H,20,21). The third-order valence-corrected chi connectivity index (χ3v) is 3.63. The zero-order valence-corrected chi connectivity index (χ0v) is 15.1. The van der Waals surface area contributed by atoms with Crippen molar-refractivity contribution in [2.24, 2.45) is 0 Å². The van der Waals surface area contributed by atoms with Crippen LogP contribution in [0.1, 0.15) is 17.3 Å². The van der Waals surface area contributed by atoms with Gasteiger partial charge in [0.15, 0.2) is 17.6 Å². The van der Waals surface area contributed by atoms with Gasteiger partial charge in [0.1, 0.15) is 5.75 Å². The lowest BCUT2D eigenvalue weighted by Crippen LogP contribution is -2.30. The Balaban J connectivity index is 1.99. The normalized spacial score (nSPS) is 11.2. The number of carbonyl (C=O) groups excluding carboxylic acids is 2. The van der Waals surface area contributed by atoms with Gasteiger partial charge >= 0.3 is 5.97 Å². The summed E-state index contributed by atoms with van der Waals surface area (Å²) in [5.41, 5.74) is 0.830. The van der Waals surface area contributed by atoms with Gasteiger partial charge in [-0.05, 0) is 43.3 Å². The Hall–Kier alpha value is -3.22. The van der Waals surface area contributed by atoms with Crippen LogP contribution in [0.25, 0.3) is 0 Å². The molecule has 0 aliphatic heterocycles. The van der Waals surface area contributed by atoms with Crippen LogP contribution in [0, 0.1) is 0 Å². The van der Waals surface area contributed by atoms with Crippen LogP contribution >= 0.6 is 0 Å². The second-order valence-electron chi connectivity index (χ2n) is 5.34. The highest BCUT2D eigenvalue weighted by Gasteiger charge is 2.19. The number of anilines is 1. The van der Waals surface area contributed by atoms with Crippen LogP contribution in [0.3, 0.4) is 0 Å². The maximum atomic E-state index is 12.3. The van der Waals surface area contributed by atoms with Crippen molar-refractivity contribution < 1.29 is 28.5 Å². The molecule has 0 aromatic heterocycles. The van der Waals surface area contributed by atoms with E-state index in [1.54, 1.807) is 42.5 Å². The first-order chi connectivity index (χ1) is 12.5. The SMILES string of the molecule is COc1ccc(C(=O)OC(C)C(=O)Nc2ccc(OC)c(OC)c2)cc1. The third kappa shape index (κ3) is 4.66. The summed E-state index contributed by atoms with van der Waals surface area (Å²) in [6.45, 7) is 1.50. The van der Waals surface area contributed by atoms with Crippen LogP contribution in [0.2, 0.25) is 0 Å². The molecular weight excluding hydrogens is 338 g/mol. The molecule has 0 aliphatic rings. The van der Waals surface area contributed by atoms with Gasteiger partial charge in [0.2, 0.25) is 0 Å². The van der Waals surface area contributed by atoms with Crippen molar-refractivity contribution in [1.82, 2.24) is 0 Å². The highest BCUT2D eigenvalue weighted by molar-refractivity contribution is 5.97. The Kier molecular flexibility index (Phi) is 6.43. The van der Waals surface area contributed by atoms with E-state index in [1.165, 1.54) is 28.3 Å². The zero-order chi connectivity index (χ0) is 19.1. The molecule has 2 rings (SSSR count). The molecule has 0 saturated carbocycles. The van der Waals surface area contributed by atoms with Crippen molar-refractivity contribution >= 4 is 17.6 Å². The smallest absolute Gasteiger partial charge is 0.338 e. The van der Waals surface area contributed by atoms with E-state index in [1.807, 2.05) is 0 Å². The average Bonchev–Trinajstić information content (AvgIpc) is 2.67. The van der Waals surface area contributed by atoms with Crippen LogP contribution in [-0.2, 0) is 9.53 Å². The Bertz CT molecular complexity index is 772. The highest BCUT2D eigenvalue weighted by Crippen LogP contribution is 2.29. The lowest BCUT2D eigenvalue weighted by atomic mass is 10.2. The molecule has 0 spiro atoms. The van der Waals surface area contributed by atoms with Crippen LogP contribution < -0.4 is 19.5 Å². The second-order valence-corrected chi connectivity index (χ2v) is 5.34. The molecule has 0 heterocycles. The number of esters is 1. The monoisotopic (exact) mass is 359 g/mol. The molecule has 0 bridgehead atoms. The fourth-order valence-electron chi connectivity index (χ4n) is 2.17. The predicted octanol–water partition coefficient (Wildman–Crippen LogP) is 2.90. The topological polar surface area (TPSA) is 83.1 Å². The zero-order valence-electron chi connectivity index (χ0n) is 15.1. The van der Waals surface area contributed by atoms with Gasteiger partial charge in [-0.2, -0.15) is 0 Å². The first-order valence-electron chi connectivity index (χ1n) is 7.86. The van der Waals surface area contributed by atoms with E-state index in [0.29, 0.717) is 28.5 Å². The summed E-state index contributed by atoms with van der Waals surface area (Å²) in [5.74, 6) is 0.597. The number of nitrogens with one attached hydrogen (secondary N) is 1. The number of rotatable bonds is 7. The van der Waals surface area contributed by atoms with Gasteiger partial charge in [-0.15, -0.1) is 0 Å². The maximum absolute atomic E-state index is 12.3. The molecule has 26 heavy (non-hydrogen) atoms. The van der Waals surface area contributed by atoms with Gasteiger partial charge in [0.25, 0.3) is 5.91 Å². The van der Waals surface area contributed by atoms with E-state index in [2.05, 4.69) is 5.32 Å². The summed E-state index contributed by atoms with van der Waals surface area (Å²) in [6, 6.07) is 11.4. The molecule has 0 saturated heterocycles. The van der Waals surface area contributed by atoms with Crippen molar-refractivity contribution in [3.63, 3.8) is 0 Å². The quantitative estimate of drug-likeness (QED) is 0.766. The van der Waals surface area contributed by atoms with Crippen molar-refractivity contribution in [2.75, 3.05) is 26.6 Å². The fraction of sp³-hybridized carbons (Fsp3) is 0.263. The van der Waals surface area contributed by atoms with Crippen molar-refractivity contribution in [3.8, 4) is 17.2 Å². The number of ether oxygens (including phenoxy) is 4. The molecule has 0 aliphatic carbocycles. The second kappa shape index (κ2) is 8.75. The molecule has 1 N–H and O–H groups in total. The molecule has 138 valence electrons. The molecule has 0 fully saturated rings. The van der Waals surface area contributed by atoms with Gasteiger partial charge in [-0.25, -0.2) is 4.79 Å². The molecule has 7 heteroatoms. The van der Waals surface area contributed by atoms with Crippen LogP contribution in [-0.4, -0.2) is 39.3 Å². The van der Waals surface area contributed by atoms with E-state index in [0.717, 1.165) is 0 Å². The van der Waals surface area contributed by atoms with E-state index in [-0.39, 0.29) is 0 Å². The van der Waals surface area contributed by atoms with E-state index < -0.39 is 18.0 Å². The number of benzene rings is 2. The minimum atomic E-state index is -0.974. The van der Waals surface area contributed by atoms with Crippen molar-refractivity contribution in [3.05, 3.63) is 48.0 Å². The lowest BCUT2D eigenvalue weighted by Gasteiger charge is -2.15. The Labute approximate surface area is 151 Å². The third-order valence-electron chi connectivity index (χ3n) is 3.63. The maximum Gasteiger partial charge on any atom is 0.338 e. The molecule has 1 amide bonds. The first-order valence-corrected chi connectivity index (χ1v) is 7.86. The lowest BCUT2D eigenvalue weighted by molar-refractivity contribution is -0.123. The molecule has 2 aromatic rings. The minimum Gasteiger partial charge on any atom is -0.497 e. The van der Waals surface area contributed by atoms with E-state index >= 15 is 0 Å². The molecule has 7 nitrogen and oxygen atoms in total. The summed E-state index contributed by atoms with van der Waals surface area (Å²) in [7, 11) is 4.56. The Morgan fingerprint density at radius 2 is 1.54 bits per heavy atom. The van der Waals surface area contributed by atoms with E-state index in [9.17, 15) is 9.59 Å². The van der Waals surface area contributed by atoms with Gasteiger partial charge in [-0.1, -0.05) is 0 Å². The van der Waals surface area contributed by atoms with Crippen LogP contribution in [0.15, 0.2) is 42.5 Å².